The van der Waals surface area contributed by atoms with Crippen LogP contribution in [0.1, 0.15) is 46.7 Å². The van der Waals surface area contributed by atoms with Gasteiger partial charge >= 0.3 is 12.1 Å². The molecule has 38 heavy (non-hydrogen) atoms. The van der Waals surface area contributed by atoms with Crippen molar-refractivity contribution >= 4 is 23.9 Å². The number of hydroxylamine groups is 1. The largest absolute Gasteiger partial charge is 0.490 e. The normalized spacial score (nSPS) is 19.4. The molecule has 0 aromatic heterocycles. The van der Waals surface area contributed by atoms with Crippen LogP contribution in [0.15, 0.2) is 60.7 Å². The second-order valence-corrected chi connectivity index (χ2v) is 9.24. The Kier molecular flexibility index (Phi) is 10.0. The highest BCUT2D eigenvalue weighted by molar-refractivity contribution is 5.94. The number of nitrogens with zero attached hydrogens (tertiary/aromatic N) is 1. The van der Waals surface area contributed by atoms with Crippen molar-refractivity contribution in [1.29, 1.82) is 0 Å². The molecule has 2 fully saturated rings. The van der Waals surface area contributed by atoms with E-state index < -0.39 is 18.1 Å². The number of hydrogen-bond acceptors (Lipinski definition) is 5. The summed E-state index contributed by atoms with van der Waals surface area (Å²) in [6.07, 6.45) is 1.54. The number of likely N-dealkylation sites (tertiary alicyclic amines) is 1. The zero-order valence-corrected chi connectivity index (χ0v) is 20.5. The number of nitrogens with one attached hydrogen (secondary N) is 2. The molecule has 2 amide bonds. The summed E-state index contributed by atoms with van der Waals surface area (Å²) in [5.41, 5.74) is 4.23. The van der Waals surface area contributed by atoms with Gasteiger partial charge in [0.15, 0.2) is 0 Å². The maximum atomic E-state index is 12.5. The van der Waals surface area contributed by atoms with Crippen molar-refractivity contribution in [3.8, 4) is 0 Å². The Morgan fingerprint density at radius 2 is 1.61 bits per heavy atom. The average Bonchev–Trinajstić information content (AvgIpc) is 3.71. The second kappa shape index (κ2) is 13.2. The molecule has 0 bridgehead atoms. The van der Waals surface area contributed by atoms with Crippen LogP contribution in [0, 0.1) is 5.92 Å². The van der Waals surface area contributed by atoms with Crippen molar-refractivity contribution in [3.63, 3.8) is 0 Å². The Bertz CT molecular complexity index is 1120. The first-order chi connectivity index (χ1) is 18.1. The van der Waals surface area contributed by atoms with Crippen LogP contribution in [0.4, 0.5) is 13.2 Å². The molecule has 4 N–H and O–H groups in total. The molecule has 1 aliphatic heterocycles. The monoisotopic (exact) mass is 533 g/mol. The number of amides is 2. The number of halogens is 3. The lowest BCUT2D eigenvalue weighted by Crippen LogP contribution is -2.40. The van der Waals surface area contributed by atoms with Gasteiger partial charge in [0.1, 0.15) is 0 Å². The van der Waals surface area contributed by atoms with E-state index in [4.69, 9.17) is 15.1 Å². The van der Waals surface area contributed by atoms with Gasteiger partial charge in [0.25, 0.3) is 5.91 Å². The number of aliphatic carboxylic acids is 1. The second-order valence-electron chi connectivity index (χ2n) is 9.24. The fourth-order valence-corrected chi connectivity index (χ4v) is 4.25. The quantitative estimate of drug-likeness (QED) is 0.244. The lowest BCUT2D eigenvalue weighted by molar-refractivity contribution is -0.192. The first kappa shape index (κ1) is 28.9. The highest BCUT2D eigenvalue weighted by Crippen LogP contribution is 2.40. The third kappa shape index (κ3) is 8.70. The summed E-state index contributed by atoms with van der Waals surface area (Å²) >= 11 is 0. The summed E-state index contributed by atoms with van der Waals surface area (Å²) in [5.74, 6) is -2.01. The predicted molar refractivity (Wildman–Crippen MR) is 133 cm³/mol. The summed E-state index contributed by atoms with van der Waals surface area (Å²) in [4.78, 5) is 34.7. The van der Waals surface area contributed by atoms with Crippen molar-refractivity contribution in [2.45, 2.75) is 37.4 Å². The molecule has 2 aromatic carbocycles. The molecule has 1 aliphatic carbocycles. The van der Waals surface area contributed by atoms with E-state index in [-0.39, 0.29) is 5.91 Å². The molecule has 0 spiro atoms. The zero-order chi connectivity index (χ0) is 27.7. The molecule has 2 aliphatic rings. The van der Waals surface area contributed by atoms with Gasteiger partial charge < -0.3 is 15.3 Å². The van der Waals surface area contributed by atoms with E-state index in [0.29, 0.717) is 23.4 Å². The summed E-state index contributed by atoms with van der Waals surface area (Å²) in [6.45, 7) is 2.61. The molecule has 8 nitrogen and oxygen atoms in total. The lowest BCUT2D eigenvalue weighted by atomic mass is 9.96. The third-order valence-electron chi connectivity index (χ3n) is 6.55. The number of hydrogen-bond donors (Lipinski definition) is 4. The Labute approximate surface area is 218 Å². The molecule has 1 saturated carbocycles. The van der Waals surface area contributed by atoms with E-state index in [2.05, 4.69) is 35.6 Å². The van der Waals surface area contributed by atoms with Crippen LogP contribution in [0.3, 0.4) is 0 Å². The van der Waals surface area contributed by atoms with Crippen LogP contribution in [0.2, 0.25) is 0 Å². The SMILES string of the molecule is O=C(NO)c1ccc(/C=C/C(=O)N2CCC(CNC3CC3c3ccccc3)CC2)cc1.O=C(O)C(F)(F)F. The summed E-state index contributed by atoms with van der Waals surface area (Å²) in [7, 11) is 0. The molecule has 1 saturated heterocycles. The summed E-state index contributed by atoms with van der Waals surface area (Å²) in [6, 6.07) is 18.0. The number of alkyl halides is 3. The van der Waals surface area contributed by atoms with Crippen LogP contribution in [0.5, 0.6) is 0 Å². The summed E-state index contributed by atoms with van der Waals surface area (Å²) < 4.78 is 31.7. The smallest absolute Gasteiger partial charge is 0.475 e. The highest BCUT2D eigenvalue weighted by atomic mass is 19.4. The minimum Gasteiger partial charge on any atom is -0.475 e. The molecule has 2 atom stereocenters. The minimum absolute atomic E-state index is 0.0231. The molecular weight excluding hydrogens is 503 g/mol. The Morgan fingerprint density at radius 1 is 1.00 bits per heavy atom. The van der Waals surface area contributed by atoms with E-state index in [1.165, 1.54) is 12.0 Å². The predicted octanol–water partition coefficient (Wildman–Crippen LogP) is 3.84. The fourth-order valence-electron chi connectivity index (χ4n) is 4.25. The van der Waals surface area contributed by atoms with Crippen molar-refractivity contribution in [1.82, 2.24) is 15.7 Å². The topological polar surface area (TPSA) is 119 Å². The van der Waals surface area contributed by atoms with Crippen LogP contribution in [-0.4, -0.2) is 64.8 Å². The third-order valence-corrected chi connectivity index (χ3v) is 6.55. The molecule has 1 heterocycles. The van der Waals surface area contributed by atoms with Gasteiger partial charge in [-0.15, -0.1) is 0 Å². The fraction of sp³-hybridized carbons (Fsp3) is 0.370. The summed E-state index contributed by atoms with van der Waals surface area (Å²) in [5, 5.41) is 19.5. The molecule has 11 heteroatoms. The molecule has 2 aromatic rings. The Morgan fingerprint density at radius 3 is 2.16 bits per heavy atom. The van der Waals surface area contributed by atoms with Crippen LogP contribution < -0.4 is 10.8 Å². The Hall–Kier alpha value is -3.70. The van der Waals surface area contributed by atoms with Crippen LogP contribution in [-0.2, 0) is 9.59 Å². The molecule has 4 rings (SSSR count). The van der Waals surface area contributed by atoms with Crippen molar-refractivity contribution in [2.24, 2.45) is 5.92 Å². The number of carbonyl (C=O) groups is 3. The van der Waals surface area contributed by atoms with Crippen molar-refractivity contribution in [3.05, 3.63) is 77.4 Å². The van der Waals surface area contributed by atoms with Gasteiger partial charge in [-0.3, -0.25) is 14.8 Å². The van der Waals surface area contributed by atoms with Gasteiger partial charge in [-0.05, 0) is 61.1 Å². The van der Waals surface area contributed by atoms with Gasteiger partial charge in [-0.2, -0.15) is 13.2 Å². The molecule has 204 valence electrons. The molecule has 2 unspecified atom stereocenters. The lowest BCUT2D eigenvalue weighted by Gasteiger charge is -2.31. The van der Waals surface area contributed by atoms with Gasteiger partial charge in [0.05, 0.1) is 0 Å². The van der Waals surface area contributed by atoms with Gasteiger partial charge in [0, 0.05) is 36.7 Å². The molecular formula is C27H30F3N3O5. The van der Waals surface area contributed by atoms with Gasteiger partial charge in [-0.1, -0.05) is 42.5 Å². The van der Waals surface area contributed by atoms with E-state index in [1.54, 1.807) is 41.9 Å². The van der Waals surface area contributed by atoms with Crippen LogP contribution in [0.25, 0.3) is 6.08 Å². The first-order valence-electron chi connectivity index (χ1n) is 12.2. The van der Waals surface area contributed by atoms with Gasteiger partial charge in [-0.25, -0.2) is 10.3 Å². The number of carbonyl (C=O) groups excluding carboxylic acids is 2. The number of benzene rings is 2. The standard InChI is InChI=1S/C25H29N3O3.C2HF3O2/c29-24(11-8-18-6-9-21(10-7-18)25(30)27-31)28-14-12-19(13-15-28)17-26-23-16-22(23)20-4-2-1-3-5-20;3-2(4,5)1(6)7/h1-11,19,22-23,26,31H,12-17H2,(H,27,30);(H,6,7)/b11-8+;. The van der Waals surface area contributed by atoms with E-state index >= 15 is 0 Å². The zero-order valence-electron chi connectivity index (χ0n) is 20.5. The maximum Gasteiger partial charge on any atom is 0.490 e. The first-order valence-corrected chi connectivity index (χ1v) is 12.2. The number of piperidine rings is 1. The number of carboxylic acid groups (broad SMARTS) is 1. The maximum absolute atomic E-state index is 12.5. The molecule has 0 radical (unpaired) electrons. The van der Waals surface area contributed by atoms with E-state index in [1.807, 2.05) is 4.90 Å². The van der Waals surface area contributed by atoms with Gasteiger partial charge in [0.2, 0.25) is 5.91 Å². The highest BCUT2D eigenvalue weighted by Gasteiger charge is 2.39. The average molecular weight is 534 g/mol. The van der Waals surface area contributed by atoms with E-state index in [9.17, 15) is 22.8 Å². The number of rotatable bonds is 7. The number of carboxylic acids is 1. The van der Waals surface area contributed by atoms with Crippen molar-refractivity contribution < 1.29 is 37.9 Å². The minimum atomic E-state index is -5.08. The Balaban J connectivity index is 0.000000505. The van der Waals surface area contributed by atoms with E-state index in [0.717, 1.165) is 38.0 Å². The van der Waals surface area contributed by atoms with Crippen LogP contribution >= 0.6 is 0 Å². The van der Waals surface area contributed by atoms with Crippen molar-refractivity contribution in [2.75, 3.05) is 19.6 Å².